The topological polar surface area (TPSA) is 25.8 Å². The molecule has 0 unspecified atom stereocenters. The van der Waals surface area contributed by atoms with E-state index in [-0.39, 0.29) is 0 Å². The Morgan fingerprint density at radius 3 is 1.36 bits per heavy atom. The molecule has 2 nitrogen and oxygen atoms in total. The summed E-state index contributed by atoms with van der Waals surface area (Å²) in [4.78, 5) is 0. The van der Waals surface area contributed by atoms with Gasteiger partial charge in [0.2, 0.25) is 0 Å². The van der Waals surface area contributed by atoms with Crippen LogP contribution in [0.4, 0.5) is 0 Å². The Morgan fingerprint density at radius 2 is 1.00 bits per heavy atom. The number of aryl methyl sites for hydroxylation is 2. The van der Waals surface area contributed by atoms with Crippen LogP contribution in [0, 0.1) is 27.7 Å². The lowest BCUT2D eigenvalue weighted by Crippen LogP contribution is -1.95. The molecule has 2 rings (SSSR count). The molecule has 0 radical (unpaired) electrons. The van der Waals surface area contributed by atoms with Crippen LogP contribution in [0.1, 0.15) is 22.3 Å². The minimum absolute atomic E-state index is 1.22. The highest BCUT2D eigenvalue weighted by atomic mass is 15.1. The van der Waals surface area contributed by atoms with Crippen molar-refractivity contribution in [2.45, 2.75) is 27.7 Å². The van der Waals surface area contributed by atoms with Crippen LogP contribution in [-0.2, 0) is 0 Å². The highest BCUT2D eigenvalue weighted by Gasteiger charge is 2.08. The summed E-state index contributed by atoms with van der Waals surface area (Å²) in [6, 6.07) is 0. The van der Waals surface area contributed by atoms with Crippen molar-refractivity contribution >= 4 is 10.8 Å². The van der Waals surface area contributed by atoms with E-state index in [0.29, 0.717) is 0 Å². The first-order valence-corrected chi connectivity index (χ1v) is 4.79. The molecule has 0 aliphatic rings. The molecule has 1 heterocycles. The standard InChI is InChI=1S/C12H14N2/c1-7-8(2)10(4)12-6-14-13-5-11(12)9(7)3/h5-6H,1-4H3. The van der Waals surface area contributed by atoms with E-state index in [1.807, 2.05) is 12.4 Å². The number of hydrogen-bond donors (Lipinski definition) is 0. The van der Waals surface area contributed by atoms with E-state index in [1.54, 1.807) is 0 Å². The fourth-order valence-corrected chi connectivity index (χ4v) is 1.89. The first-order valence-electron chi connectivity index (χ1n) is 4.79. The van der Waals surface area contributed by atoms with Gasteiger partial charge in [0.1, 0.15) is 0 Å². The van der Waals surface area contributed by atoms with Gasteiger partial charge in [0.05, 0.1) is 12.4 Å². The summed E-state index contributed by atoms with van der Waals surface area (Å²) in [5.74, 6) is 0. The zero-order valence-electron chi connectivity index (χ0n) is 9.05. The maximum Gasteiger partial charge on any atom is 0.0577 e. The van der Waals surface area contributed by atoms with Gasteiger partial charge >= 0.3 is 0 Å². The van der Waals surface area contributed by atoms with Gasteiger partial charge in [-0.1, -0.05) is 0 Å². The van der Waals surface area contributed by atoms with Crippen LogP contribution in [0.2, 0.25) is 0 Å². The number of hydrogen-bond acceptors (Lipinski definition) is 2. The molecule has 72 valence electrons. The SMILES string of the molecule is Cc1c(C)c(C)c2cnncc2c1C. The molecule has 0 N–H and O–H groups in total. The van der Waals surface area contributed by atoms with Crippen molar-refractivity contribution in [3.63, 3.8) is 0 Å². The lowest BCUT2D eigenvalue weighted by molar-refractivity contribution is 1.04. The second-order valence-corrected chi connectivity index (χ2v) is 3.82. The van der Waals surface area contributed by atoms with E-state index >= 15 is 0 Å². The molecule has 0 saturated heterocycles. The summed E-state index contributed by atoms with van der Waals surface area (Å²) in [5.41, 5.74) is 5.36. The van der Waals surface area contributed by atoms with Crippen molar-refractivity contribution in [1.29, 1.82) is 0 Å². The average Bonchev–Trinajstić information content (AvgIpc) is 2.23. The van der Waals surface area contributed by atoms with Gasteiger partial charge in [0, 0.05) is 10.8 Å². The number of rotatable bonds is 0. The zero-order valence-corrected chi connectivity index (χ0v) is 9.05. The van der Waals surface area contributed by atoms with Gasteiger partial charge in [-0.15, -0.1) is 0 Å². The molecular formula is C12H14N2. The summed E-state index contributed by atoms with van der Waals surface area (Å²) >= 11 is 0. The average molecular weight is 186 g/mol. The molecule has 0 aliphatic heterocycles. The third-order valence-electron chi connectivity index (χ3n) is 3.23. The predicted octanol–water partition coefficient (Wildman–Crippen LogP) is 2.86. The Morgan fingerprint density at radius 1 is 0.643 bits per heavy atom. The van der Waals surface area contributed by atoms with Crippen molar-refractivity contribution in [2.75, 3.05) is 0 Å². The van der Waals surface area contributed by atoms with Crippen LogP contribution in [0.15, 0.2) is 12.4 Å². The summed E-state index contributed by atoms with van der Waals surface area (Å²) in [6.45, 7) is 8.62. The Kier molecular flexibility index (Phi) is 1.99. The lowest BCUT2D eigenvalue weighted by Gasteiger charge is -2.12. The molecule has 1 aromatic heterocycles. The van der Waals surface area contributed by atoms with Gasteiger partial charge in [-0.25, -0.2) is 0 Å². The van der Waals surface area contributed by atoms with E-state index < -0.39 is 0 Å². The molecule has 14 heavy (non-hydrogen) atoms. The number of benzene rings is 1. The van der Waals surface area contributed by atoms with E-state index in [9.17, 15) is 0 Å². The third-order valence-corrected chi connectivity index (χ3v) is 3.23. The summed E-state index contributed by atoms with van der Waals surface area (Å²) < 4.78 is 0. The van der Waals surface area contributed by atoms with Gasteiger partial charge in [0.25, 0.3) is 0 Å². The normalized spacial score (nSPS) is 10.9. The van der Waals surface area contributed by atoms with E-state index in [1.165, 1.54) is 33.0 Å². The molecule has 0 spiro atoms. The van der Waals surface area contributed by atoms with Crippen molar-refractivity contribution in [1.82, 2.24) is 10.2 Å². The monoisotopic (exact) mass is 186 g/mol. The Balaban J connectivity index is 3.02. The molecule has 0 saturated carbocycles. The van der Waals surface area contributed by atoms with Gasteiger partial charge in [-0.05, 0) is 49.9 Å². The van der Waals surface area contributed by atoms with Crippen LogP contribution in [0.25, 0.3) is 10.8 Å². The first-order chi connectivity index (χ1) is 6.63. The van der Waals surface area contributed by atoms with Crippen molar-refractivity contribution < 1.29 is 0 Å². The first kappa shape index (κ1) is 9.13. The smallest absolute Gasteiger partial charge is 0.0577 e. The minimum atomic E-state index is 1.22. The quantitative estimate of drug-likeness (QED) is 0.632. The number of nitrogens with zero attached hydrogens (tertiary/aromatic N) is 2. The summed E-state index contributed by atoms with van der Waals surface area (Å²) in [5, 5.41) is 10.3. The molecule has 0 amide bonds. The summed E-state index contributed by atoms with van der Waals surface area (Å²) in [7, 11) is 0. The van der Waals surface area contributed by atoms with Crippen molar-refractivity contribution in [3.8, 4) is 0 Å². The second-order valence-electron chi connectivity index (χ2n) is 3.82. The molecule has 0 aliphatic carbocycles. The van der Waals surface area contributed by atoms with E-state index in [4.69, 9.17) is 0 Å². The van der Waals surface area contributed by atoms with Crippen LogP contribution in [-0.4, -0.2) is 10.2 Å². The Bertz CT molecular complexity index is 455. The highest BCUT2D eigenvalue weighted by Crippen LogP contribution is 2.27. The Hall–Kier alpha value is -1.44. The van der Waals surface area contributed by atoms with Gasteiger partial charge < -0.3 is 0 Å². The highest BCUT2D eigenvalue weighted by molar-refractivity contribution is 5.89. The second kappa shape index (κ2) is 3.05. The summed E-state index contributed by atoms with van der Waals surface area (Å²) in [6.07, 6.45) is 3.70. The molecule has 0 bridgehead atoms. The fourth-order valence-electron chi connectivity index (χ4n) is 1.89. The molecular weight excluding hydrogens is 172 g/mol. The maximum absolute atomic E-state index is 3.94. The van der Waals surface area contributed by atoms with E-state index in [2.05, 4.69) is 37.9 Å². The van der Waals surface area contributed by atoms with Crippen LogP contribution in [0.5, 0.6) is 0 Å². The number of aromatic nitrogens is 2. The van der Waals surface area contributed by atoms with E-state index in [0.717, 1.165) is 0 Å². The van der Waals surface area contributed by atoms with Crippen molar-refractivity contribution in [3.05, 3.63) is 34.6 Å². The van der Waals surface area contributed by atoms with Crippen molar-refractivity contribution in [2.24, 2.45) is 0 Å². The third kappa shape index (κ3) is 1.10. The largest absolute Gasteiger partial charge is 0.158 e. The molecule has 2 heteroatoms. The molecule has 2 aromatic rings. The molecule has 0 atom stereocenters. The lowest BCUT2D eigenvalue weighted by atomic mass is 9.94. The molecule has 0 fully saturated rings. The minimum Gasteiger partial charge on any atom is -0.158 e. The van der Waals surface area contributed by atoms with Crippen LogP contribution >= 0.6 is 0 Å². The van der Waals surface area contributed by atoms with Gasteiger partial charge in [-0.3, -0.25) is 0 Å². The fraction of sp³-hybridized carbons (Fsp3) is 0.333. The van der Waals surface area contributed by atoms with Crippen LogP contribution in [0.3, 0.4) is 0 Å². The maximum atomic E-state index is 3.94. The predicted molar refractivity (Wildman–Crippen MR) is 58.5 cm³/mol. The molecule has 1 aromatic carbocycles. The Labute approximate surface area is 84.0 Å². The van der Waals surface area contributed by atoms with Gasteiger partial charge in [0.15, 0.2) is 0 Å². The zero-order chi connectivity index (χ0) is 10.3. The van der Waals surface area contributed by atoms with Gasteiger partial charge in [-0.2, -0.15) is 10.2 Å². The van der Waals surface area contributed by atoms with Crippen LogP contribution < -0.4 is 0 Å². The number of fused-ring (bicyclic) bond motifs is 1.